The first-order chi connectivity index (χ1) is 14.2. The van der Waals surface area contributed by atoms with Gasteiger partial charge in [-0.2, -0.15) is 4.98 Å². The number of hydrogen-bond acceptors (Lipinski definition) is 7. The molecule has 2 aromatic heterocycles. The summed E-state index contributed by atoms with van der Waals surface area (Å²) in [7, 11) is 1.64. The fraction of sp³-hybridized carbons (Fsp3) is 0.200. The van der Waals surface area contributed by atoms with E-state index in [2.05, 4.69) is 20.5 Å². The summed E-state index contributed by atoms with van der Waals surface area (Å²) >= 11 is 6.04. The second-order valence-electron chi connectivity index (χ2n) is 6.57. The third-order valence-electron chi connectivity index (χ3n) is 4.79. The Morgan fingerprint density at radius 1 is 1.17 bits per heavy atom. The Labute approximate surface area is 171 Å². The van der Waals surface area contributed by atoms with E-state index in [-0.39, 0.29) is 6.10 Å². The van der Waals surface area contributed by atoms with Gasteiger partial charge in [0.25, 0.3) is 5.89 Å². The highest BCUT2D eigenvalue weighted by Crippen LogP contribution is 2.31. The summed E-state index contributed by atoms with van der Waals surface area (Å²) in [5.41, 5.74) is 3.16. The van der Waals surface area contributed by atoms with Gasteiger partial charge in [0.05, 0.1) is 26.0 Å². The molecule has 5 rings (SSSR count). The van der Waals surface area contributed by atoms with Gasteiger partial charge >= 0.3 is 0 Å². The molecule has 0 saturated heterocycles. The minimum atomic E-state index is -0.116. The van der Waals surface area contributed by atoms with Crippen LogP contribution >= 0.6 is 11.6 Å². The van der Waals surface area contributed by atoms with Crippen molar-refractivity contribution in [2.24, 2.45) is 0 Å². The lowest BCUT2D eigenvalue weighted by atomic mass is 10.1. The van der Waals surface area contributed by atoms with E-state index in [9.17, 15) is 0 Å². The Hall–Kier alpha value is -3.23. The topological polar surface area (TPSA) is 88.1 Å². The number of methoxy groups -OCH3 is 1. The van der Waals surface area contributed by atoms with E-state index < -0.39 is 0 Å². The molecular formula is C20H16ClN5O3. The van der Waals surface area contributed by atoms with Crippen molar-refractivity contribution < 1.29 is 14.0 Å². The Balaban J connectivity index is 1.39. The number of rotatable bonds is 4. The van der Waals surface area contributed by atoms with Crippen molar-refractivity contribution in [1.29, 1.82) is 0 Å². The molecule has 0 N–H and O–H groups in total. The number of nitrogens with zero attached hydrogens (tertiary/aromatic N) is 5. The molecule has 8 nitrogen and oxygen atoms in total. The molecule has 3 heterocycles. The number of aromatic nitrogens is 5. The highest BCUT2D eigenvalue weighted by atomic mass is 35.5. The molecule has 4 aromatic rings. The molecule has 0 unspecified atom stereocenters. The van der Waals surface area contributed by atoms with E-state index in [0.717, 1.165) is 22.6 Å². The molecule has 0 spiro atoms. The van der Waals surface area contributed by atoms with Gasteiger partial charge in [-0.3, -0.25) is 0 Å². The molecule has 0 amide bonds. The van der Waals surface area contributed by atoms with Crippen LogP contribution < -0.4 is 4.74 Å². The lowest BCUT2D eigenvalue weighted by molar-refractivity contribution is -0.00114. The van der Waals surface area contributed by atoms with Crippen LogP contribution in [0.25, 0.3) is 23.0 Å². The third-order valence-corrected chi connectivity index (χ3v) is 5.03. The van der Waals surface area contributed by atoms with Crippen LogP contribution in [0.5, 0.6) is 5.75 Å². The van der Waals surface area contributed by atoms with E-state index in [1.165, 1.54) is 0 Å². The van der Waals surface area contributed by atoms with Crippen LogP contribution in [0.1, 0.15) is 17.4 Å². The van der Waals surface area contributed by atoms with Gasteiger partial charge in [-0.1, -0.05) is 40.2 Å². The predicted octanol–water partition coefficient (Wildman–Crippen LogP) is 3.93. The van der Waals surface area contributed by atoms with Crippen molar-refractivity contribution in [1.82, 2.24) is 25.1 Å². The third kappa shape index (κ3) is 3.37. The van der Waals surface area contributed by atoms with Crippen LogP contribution in [0.15, 0.2) is 53.1 Å². The quantitative estimate of drug-likeness (QED) is 0.504. The first kappa shape index (κ1) is 17.8. The van der Waals surface area contributed by atoms with Gasteiger partial charge < -0.3 is 14.0 Å². The van der Waals surface area contributed by atoms with Crippen molar-refractivity contribution in [3.8, 4) is 28.7 Å². The second kappa shape index (κ2) is 7.31. The Morgan fingerprint density at radius 2 is 2.03 bits per heavy atom. The van der Waals surface area contributed by atoms with Crippen molar-refractivity contribution in [2.45, 2.75) is 19.3 Å². The van der Waals surface area contributed by atoms with E-state index in [1.807, 2.05) is 41.1 Å². The molecular weight excluding hydrogens is 394 g/mol. The maximum atomic E-state index is 6.05. The number of benzene rings is 2. The van der Waals surface area contributed by atoms with Gasteiger partial charge in [0.15, 0.2) is 5.69 Å². The monoisotopic (exact) mass is 409 g/mol. The number of halogens is 1. The highest BCUT2D eigenvalue weighted by Gasteiger charge is 2.27. The molecule has 1 aliphatic heterocycles. The smallest absolute Gasteiger partial charge is 0.258 e. The van der Waals surface area contributed by atoms with E-state index in [4.69, 9.17) is 25.6 Å². The number of hydrogen-bond donors (Lipinski definition) is 0. The summed E-state index contributed by atoms with van der Waals surface area (Å²) in [5, 5.41) is 13.2. The van der Waals surface area contributed by atoms with Crippen molar-refractivity contribution in [2.75, 3.05) is 7.11 Å². The number of fused-ring (bicyclic) bond motifs is 1. The molecule has 29 heavy (non-hydrogen) atoms. The Bertz CT molecular complexity index is 1160. The zero-order valence-corrected chi connectivity index (χ0v) is 16.2. The molecule has 0 aliphatic carbocycles. The van der Waals surface area contributed by atoms with Crippen molar-refractivity contribution in [3.05, 3.63) is 64.8 Å². The summed E-state index contributed by atoms with van der Waals surface area (Å²) in [4.78, 5) is 4.45. The van der Waals surface area contributed by atoms with Crippen LogP contribution in [0.2, 0.25) is 5.02 Å². The molecule has 1 atom stereocenters. The van der Waals surface area contributed by atoms with Gasteiger partial charge in [-0.25, -0.2) is 4.68 Å². The fourth-order valence-electron chi connectivity index (χ4n) is 3.26. The predicted molar refractivity (Wildman–Crippen MR) is 104 cm³/mol. The maximum Gasteiger partial charge on any atom is 0.258 e. The second-order valence-corrected chi connectivity index (χ2v) is 7.01. The van der Waals surface area contributed by atoms with E-state index >= 15 is 0 Å². The zero-order chi connectivity index (χ0) is 19.8. The molecule has 0 saturated carbocycles. The minimum Gasteiger partial charge on any atom is -0.497 e. The van der Waals surface area contributed by atoms with Crippen LogP contribution in [-0.2, 0) is 17.9 Å². The highest BCUT2D eigenvalue weighted by molar-refractivity contribution is 6.30. The van der Waals surface area contributed by atoms with Gasteiger partial charge in [-0.05, 0) is 35.9 Å². The zero-order valence-electron chi connectivity index (χ0n) is 15.4. The first-order valence-electron chi connectivity index (χ1n) is 8.99. The van der Waals surface area contributed by atoms with E-state index in [0.29, 0.717) is 35.6 Å². The Kier molecular flexibility index (Phi) is 4.49. The molecule has 0 fully saturated rings. The standard InChI is InChI=1S/C20H16ClN5O3/c1-27-15-7-5-12(6-8-15)17-10-26-16(11-28-17)18(23-25-26)19-22-20(29-24-19)13-3-2-4-14(21)9-13/h2-9,17H,10-11H2,1H3/t17-/m0/s1. The first-order valence-corrected chi connectivity index (χ1v) is 9.37. The average molecular weight is 410 g/mol. The lowest BCUT2D eigenvalue weighted by Crippen LogP contribution is -2.22. The minimum absolute atomic E-state index is 0.116. The summed E-state index contributed by atoms with van der Waals surface area (Å²) in [6.07, 6.45) is -0.116. The molecule has 9 heteroatoms. The van der Waals surface area contributed by atoms with Crippen LogP contribution in [-0.4, -0.2) is 32.2 Å². The normalized spacial score (nSPS) is 15.9. The van der Waals surface area contributed by atoms with Gasteiger partial charge in [0, 0.05) is 10.6 Å². The van der Waals surface area contributed by atoms with Gasteiger partial charge in [0.2, 0.25) is 5.82 Å². The van der Waals surface area contributed by atoms with E-state index in [1.54, 1.807) is 19.2 Å². The summed E-state index contributed by atoms with van der Waals surface area (Å²) in [6.45, 7) is 0.897. The molecule has 2 aromatic carbocycles. The Morgan fingerprint density at radius 3 is 2.83 bits per heavy atom. The SMILES string of the molecule is COc1ccc([C@@H]2Cn3nnc(-c4noc(-c5cccc(Cl)c5)n4)c3CO2)cc1. The molecule has 1 aliphatic rings. The largest absolute Gasteiger partial charge is 0.497 e. The fourth-order valence-corrected chi connectivity index (χ4v) is 3.45. The number of ether oxygens (including phenoxy) is 2. The van der Waals surface area contributed by atoms with Crippen molar-refractivity contribution in [3.63, 3.8) is 0 Å². The van der Waals surface area contributed by atoms with Crippen LogP contribution in [0, 0.1) is 0 Å². The molecule has 0 bridgehead atoms. The van der Waals surface area contributed by atoms with Crippen LogP contribution in [0.4, 0.5) is 0 Å². The molecule has 146 valence electrons. The average Bonchev–Trinajstić information content (AvgIpc) is 3.40. The van der Waals surface area contributed by atoms with Crippen molar-refractivity contribution >= 4 is 11.6 Å². The summed E-state index contributed by atoms with van der Waals surface area (Å²) < 4.78 is 18.5. The van der Waals surface area contributed by atoms with Gasteiger partial charge in [0.1, 0.15) is 11.9 Å². The summed E-state index contributed by atoms with van der Waals surface area (Å²) in [5.74, 6) is 1.55. The maximum absolute atomic E-state index is 6.05. The van der Waals surface area contributed by atoms with Crippen LogP contribution in [0.3, 0.4) is 0 Å². The molecule has 0 radical (unpaired) electrons. The van der Waals surface area contributed by atoms with Gasteiger partial charge in [-0.15, -0.1) is 5.10 Å². The summed E-state index contributed by atoms with van der Waals surface area (Å²) in [6, 6.07) is 15.0. The lowest BCUT2D eigenvalue weighted by Gasteiger charge is -2.24.